The first-order chi connectivity index (χ1) is 6.69. The number of benzene rings is 1. The SMILES string of the molecule is COc1cccc(OC(=O)NN)c1C. The van der Waals surface area contributed by atoms with E-state index in [1.165, 1.54) is 0 Å². The molecule has 3 N–H and O–H groups in total. The van der Waals surface area contributed by atoms with Crippen molar-refractivity contribution in [3.05, 3.63) is 23.8 Å². The maximum Gasteiger partial charge on any atom is 0.426 e. The first-order valence-electron chi connectivity index (χ1n) is 4.01. The zero-order valence-corrected chi connectivity index (χ0v) is 8.03. The molecule has 76 valence electrons. The summed E-state index contributed by atoms with van der Waals surface area (Å²) in [6.45, 7) is 1.79. The molecule has 1 aromatic rings. The summed E-state index contributed by atoms with van der Waals surface area (Å²) in [5, 5.41) is 0. The smallest absolute Gasteiger partial charge is 0.426 e. The number of amides is 1. The highest BCUT2D eigenvalue weighted by Crippen LogP contribution is 2.26. The summed E-state index contributed by atoms with van der Waals surface area (Å²) in [7, 11) is 1.55. The third-order valence-corrected chi connectivity index (χ3v) is 1.77. The van der Waals surface area contributed by atoms with Crippen LogP contribution in [0.15, 0.2) is 18.2 Å². The molecule has 5 nitrogen and oxygen atoms in total. The number of methoxy groups -OCH3 is 1. The third-order valence-electron chi connectivity index (χ3n) is 1.77. The maximum atomic E-state index is 10.8. The summed E-state index contributed by atoms with van der Waals surface area (Å²) < 4.78 is 9.94. The van der Waals surface area contributed by atoms with E-state index in [1.54, 1.807) is 32.2 Å². The molecule has 0 unspecified atom stereocenters. The molecule has 14 heavy (non-hydrogen) atoms. The number of hydrogen-bond acceptors (Lipinski definition) is 4. The molecular weight excluding hydrogens is 184 g/mol. The summed E-state index contributed by atoms with van der Waals surface area (Å²) in [6.07, 6.45) is -0.707. The first-order valence-corrected chi connectivity index (χ1v) is 4.01. The first kappa shape index (κ1) is 10.3. The van der Waals surface area contributed by atoms with Crippen LogP contribution in [0.5, 0.6) is 11.5 Å². The molecule has 1 rings (SSSR count). The molecule has 0 aliphatic heterocycles. The lowest BCUT2D eigenvalue weighted by atomic mass is 10.2. The van der Waals surface area contributed by atoms with E-state index in [-0.39, 0.29) is 0 Å². The molecule has 0 radical (unpaired) electrons. The second kappa shape index (κ2) is 4.48. The zero-order chi connectivity index (χ0) is 10.6. The monoisotopic (exact) mass is 196 g/mol. The highest BCUT2D eigenvalue weighted by molar-refractivity contribution is 5.70. The van der Waals surface area contributed by atoms with Crippen LogP contribution in [0.2, 0.25) is 0 Å². The summed E-state index contributed by atoms with van der Waals surface area (Å²) >= 11 is 0. The van der Waals surface area contributed by atoms with Crippen LogP contribution in [0.4, 0.5) is 4.79 Å². The maximum absolute atomic E-state index is 10.8. The number of carbonyl (C=O) groups is 1. The quantitative estimate of drug-likeness (QED) is 0.420. The van der Waals surface area contributed by atoms with Crippen LogP contribution in [0.25, 0.3) is 0 Å². The molecule has 0 saturated heterocycles. The van der Waals surface area contributed by atoms with E-state index in [1.807, 2.05) is 5.43 Å². The molecule has 0 bridgehead atoms. The van der Waals surface area contributed by atoms with Gasteiger partial charge in [-0.3, -0.25) is 5.43 Å². The van der Waals surface area contributed by atoms with E-state index < -0.39 is 6.09 Å². The number of hydrogen-bond donors (Lipinski definition) is 2. The highest BCUT2D eigenvalue weighted by Gasteiger charge is 2.08. The standard InChI is InChI=1S/C9H12N2O3/c1-6-7(13-2)4-3-5-8(6)14-9(12)11-10/h3-5H,10H2,1-2H3,(H,11,12). The normalized spacial score (nSPS) is 9.36. The predicted octanol–water partition coefficient (Wildman–Crippen LogP) is 0.966. The Hall–Kier alpha value is -1.75. The highest BCUT2D eigenvalue weighted by atomic mass is 16.6. The molecule has 0 aromatic heterocycles. The third kappa shape index (κ3) is 2.14. The van der Waals surface area contributed by atoms with Crippen molar-refractivity contribution in [1.82, 2.24) is 5.43 Å². The lowest BCUT2D eigenvalue weighted by Crippen LogP contribution is -2.32. The van der Waals surface area contributed by atoms with Gasteiger partial charge in [-0.2, -0.15) is 0 Å². The lowest BCUT2D eigenvalue weighted by molar-refractivity contribution is 0.200. The van der Waals surface area contributed by atoms with Gasteiger partial charge in [0.2, 0.25) is 0 Å². The molecule has 0 spiro atoms. The number of rotatable bonds is 2. The molecule has 0 fully saturated rings. The fourth-order valence-electron chi connectivity index (χ4n) is 1.06. The van der Waals surface area contributed by atoms with Crippen molar-refractivity contribution in [1.29, 1.82) is 0 Å². The molecule has 1 aromatic carbocycles. The minimum Gasteiger partial charge on any atom is -0.496 e. The Kier molecular flexibility index (Phi) is 3.30. The Balaban J connectivity index is 2.92. The van der Waals surface area contributed by atoms with E-state index in [9.17, 15) is 4.79 Å². The number of carbonyl (C=O) groups excluding carboxylic acids is 1. The van der Waals surface area contributed by atoms with Gasteiger partial charge in [0, 0.05) is 5.56 Å². The van der Waals surface area contributed by atoms with Gasteiger partial charge >= 0.3 is 6.09 Å². The van der Waals surface area contributed by atoms with Crippen LogP contribution >= 0.6 is 0 Å². The second-order valence-electron chi connectivity index (χ2n) is 2.62. The zero-order valence-electron chi connectivity index (χ0n) is 8.03. The van der Waals surface area contributed by atoms with Gasteiger partial charge in [-0.05, 0) is 19.1 Å². The molecule has 0 aliphatic rings. The van der Waals surface area contributed by atoms with E-state index >= 15 is 0 Å². The van der Waals surface area contributed by atoms with Gasteiger partial charge in [-0.15, -0.1) is 0 Å². The molecule has 1 amide bonds. The Morgan fingerprint density at radius 1 is 1.43 bits per heavy atom. The fraction of sp³-hybridized carbons (Fsp3) is 0.222. The van der Waals surface area contributed by atoms with Gasteiger partial charge in [0.25, 0.3) is 0 Å². The minimum absolute atomic E-state index is 0.423. The summed E-state index contributed by atoms with van der Waals surface area (Å²) in [5.74, 6) is 5.97. The van der Waals surface area contributed by atoms with Crippen molar-refractivity contribution in [2.75, 3.05) is 7.11 Å². The Bertz CT molecular complexity index is 339. The van der Waals surface area contributed by atoms with E-state index in [2.05, 4.69) is 0 Å². The van der Waals surface area contributed by atoms with Crippen molar-refractivity contribution < 1.29 is 14.3 Å². The van der Waals surface area contributed by atoms with E-state index in [4.69, 9.17) is 15.3 Å². The van der Waals surface area contributed by atoms with Crippen molar-refractivity contribution in [3.8, 4) is 11.5 Å². The Morgan fingerprint density at radius 2 is 2.07 bits per heavy atom. The topological polar surface area (TPSA) is 73.6 Å². The Labute approximate surface area is 81.8 Å². The largest absolute Gasteiger partial charge is 0.496 e. The minimum atomic E-state index is -0.707. The molecular formula is C9H12N2O3. The molecule has 0 heterocycles. The average Bonchev–Trinajstić information content (AvgIpc) is 2.21. The van der Waals surface area contributed by atoms with Gasteiger partial charge in [0.15, 0.2) is 0 Å². The number of hydrazine groups is 1. The lowest BCUT2D eigenvalue weighted by Gasteiger charge is -2.09. The molecule has 0 aliphatic carbocycles. The number of nitrogens with two attached hydrogens (primary N) is 1. The van der Waals surface area contributed by atoms with Crippen molar-refractivity contribution in [2.24, 2.45) is 5.84 Å². The molecule has 0 saturated carbocycles. The van der Waals surface area contributed by atoms with Crippen molar-refractivity contribution >= 4 is 6.09 Å². The number of nitrogens with one attached hydrogen (secondary N) is 1. The summed E-state index contributed by atoms with van der Waals surface area (Å²) in [6, 6.07) is 5.17. The van der Waals surface area contributed by atoms with Crippen molar-refractivity contribution in [3.63, 3.8) is 0 Å². The van der Waals surface area contributed by atoms with Gasteiger partial charge in [-0.25, -0.2) is 10.6 Å². The fourth-order valence-corrected chi connectivity index (χ4v) is 1.06. The van der Waals surface area contributed by atoms with Gasteiger partial charge in [0.05, 0.1) is 7.11 Å². The molecule has 5 heteroatoms. The van der Waals surface area contributed by atoms with E-state index in [0.29, 0.717) is 11.5 Å². The van der Waals surface area contributed by atoms with Gasteiger partial charge < -0.3 is 9.47 Å². The summed E-state index contributed by atoms with van der Waals surface area (Å²) in [4.78, 5) is 10.8. The van der Waals surface area contributed by atoms with Crippen LogP contribution in [0, 0.1) is 6.92 Å². The van der Waals surface area contributed by atoms with Gasteiger partial charge in [0.1, 0.15) is 11.5 Å². The van der Waals surface area contributed by atoms with Crippen LogP contribution < -0.4 is 20.7 Å². The van der Waals surface area contributed by atoms with Crippen LogP contribution in [-0.2, 0) is 0 Å². The van der Waals surface area contributed by atoms with Crippen molar-refractivity contribution in [2.45, 2.75) is 6.92 Å². The predicted molar refractivity (Wildman–Crippen MR) is 51.1 cm³/mol. The number of ether oxygens (including phenoxy) is 2. The average molecular weight is 196 g/mol. The van der Waals surface area contributed by atoms with Crippen LogP contribution in [0.3, 0.4) is 0 Å². The van der Waals surface area contributed by atoms with Crippen LogP contribution in [0.1, 0.15) is 5.56 Å². The van der Waals surface area contributed by atoms with Crippen LogP contribution in [-0.4, -0.2) is 13.2 Å². The molecule has 0 atom stereocenters. The van der Waals surface area contributed by atoms with E-state index in [0.717, 1.165) is 5.56 Å². The summed E-state index contributed by atoms with van der Waals surface area (Å²) in [5.41, 5.74) is 2.62. The Morgan fingerprint density at radius 3 is 2.64 bits per heavy atom. The second-order valence-corrected chi connectivity index (χ2v) is 2.62. The van der Waals surface area contributed by atoms with Gasteiger partial charge in [-0.1, -0.05) is 6.07 Å².